The average molecular weight is 487 g/mol. The minimum atomic E-state index is -3.83. The minimum Gasteiger partial charge on any atom is -0.497 e. The SMILES string of the molecule is COc1ccc(C(NC(=O)C2CCCN(S(=O)(=O)c3ccc(F)cc3)C2)c2nccn2C)cc1. The van der Waals surface area contributed by atoms with Crippen molar-refractivity contribution in [3.63, 3.8) is 0 Å². The van der Waals surface area contributed by atoms with Crippen molar-refractivity contribution in [2.24, 2.45) is 13.0 Å². The van der Waals surface area contributed by atoms with E-state index in [0.29, 0.717) is 31.0 Å². The van der Waals surface area contributed by atoms with Gasteiger partial charge in [-0.15, -0.1) is 0 Å². The molecular weight excluding hydrogens is 459 g/mol. The lowest BCUT2D eigenvalue weighted by Crippen LogP contribution is -2.46. The van der Waals surface area contributed by atoms with Gasteiger partial charge in [0.2, 0.25) is 15.9 Å². The molecule has 1 N–H and O–H groups in total. The third-order valence-electron chi connectivity index (χ3n) is 6.06. The molecule has 1 amide bonds. The number of aryl methyl sites for hydroxylation is 1. The monoisotopic (exact) mass is 486 g/mol. The molecule has 0 aliphatic carbocycles. The highest BCUT2D eigenvalue weighted by Crippen LogP contribution is 2.27. The van der Waals surface area contributed by atoms with Crippen LogP contribution in [0.5, 0.6) is 5.75 Å². The Hall–Kier alpha value is -3.24. The van der Waals surface area contributed by atoms with Gasteiger partial charge >= 0.3 is 0 Å². The molecule has 2 atom stereocenters. The van der Waals surface area contributed by atoms with E-state index in [1.165, 1.54) is 16.4 Å². The summed E-state index contributed by atoms with van der Waals surface area (Å²) in [5.41, 5.74) is 0.829. The summed E-state index contributed by atoms with van der Waals surface area (Å²) < 4.78 is 47.7. The van der Waals surface area contributed by atoms with Crippen LogP contribution in [0.1, 0.15) is 30.3 Å². The van der Waals surface area contributed by atoms with Gasteiger partial charge in [0, 0.05) is 32.5 Å². The molecule has 1 fully saturated rings. The Bertz CT molecular complexity index is 1240. The van der Waals surface area contributed by atoms with E-state index in [2.05, 4.69) is 10.3 Å². The maximum atomic E-state index is 13.3. The van der Waals surface area contributed by atoms with Crippen molar-refractivity contribution < 1.29 is 22.3 Å². The molecule has 10 heteroatoms. The van der Waals surface area contributed by atoms with Gasteiger partial charge in [0.1, 0.15) is 23.4 Å². The first-order chi connectivity index (χ1) is 16.3. The molecule has 1 aliphatic heterocycles. The second-order valence-electron chi connectivity index (χ2n) is 8.27. The quantitative estimate of drug-likeness (QED) is 0.554. The van der Waals surface area contributed by atoms with Crippen molar-refractivity contribution in [3.8, 4) is 5.75 Å². The molecule has 180 valence electrons. The predicted octanol–water partition coefficient (Wildman–Crippen LogP) is 2.87. The fraction of sp³-hybridized carbons (Fsp3) is 0.333. The molecule has 8 nitrogen and oxygen atoms in total. The number of carbonyl (C=O) groups is 1. The highest BCUT2D eigenvalue weighted by Gasteiger charge is 2.34. The number of nitrogens with zero attached hydrogens (tertiary/aromatic N) is 3. The highest BCUT2D eigenvalue weighted by atomic mass is 32.2. The molecule has 0 spiro atoms. The van der Waals surface area contributed by atoms with Crippen molar-refractivity contribution in [2.45, 2.75) is 23.8 Å². The van der Waals surface area contributed by atoms with Gasteiger partial charge in [-0.05, 0) is 54.8 Å². The number of amides is 1. The second-order valence-corrected chi connectivity index (χ2v) is 10.2. The van der Waals surface area contributed by atoms with Crippen LogP contribution >= 0.6 is 0 Å². The molecule has 1 aliphatic rings. The van der Waals surface area contributed by atoms with E-state index in [1.54, 1.807) is 19.5 Å². The molecule has 0 bridgehead atoms. The number of rotatable bonds is 7. The van der Waals surface area contributed by atoms with Gasteiger partial charge < -0.3 is 14.6 Å². The maximum Gasteiger partial charge on any atom is 0.243 e. The number of piperidine rings is 1. The van der Waals surface area contributed by atoms with E-state index in [0.717, 1.165) is 17.7 Å². The molecular formula is C24H27FN4O4S. The normalized spacial score (nSPS) is 17.8. The van der Waals surface area contributed by atoms with Crippen molar-refractivity contribution in [3.05, 3.63) is 78.1 Å². The summed E-state index contributed by atoms with van der Waals surface area (Å²) in [4.78, 5) is 17.7. The Morgan fingerprint density at radius 1 is 1.18 bits per heavy atom. The zero-order valence-electron chi connectivity index (χ0n) is 19.0. The van der Waals surface area contributed by atoms with Crippen LogP contribution in [-0.2, 0) is 21.9 Å². The fourth-order valence-corrected chi connectivity index (χ4v) is 5.66. The van der Waals surface area contributed by atoms with Gasteiger partial charge in [0.25, 0.3) is 0 Å². The molecule has 2 aromatic carbocycles. The number of aromatic nitrogens is 2. The molecule has 3 aromatic rings. The maximum absolute atomic E-state index is 13.3. The molecule has 2 heterocycles. The fourth-order valence-electron chi connectivity index (χ4n) is 4.14. The van der Waals surface area contributed by atoms with E-state index in [9.17, 15) is 17.6 Å². The number of hydrogen-bond donors (Lipinski definition) is 1. The Morgan fingerprint density at radius 3 is 2.50 bits per heavy atom. The Kier molecular flexibility index (Phi) is 6.99. The van der Waals surface area contributed by atoms with Gasteiger partial charge in [-0.1, -0.05) is 12.1 Å². The summed E-state index contributed by atoms with van der Waals surface area (Å²) >= 11 is 0. The lowest BCUT2D eigenvalue weighted by atomic mass is 9.97. The standard InChI is InChI=1S/C24H27FN4O4S/c1-28-15-13-26-23(28)22(17-5-9-20(33-2)10-6-17)27-24(30)18-4-3-14-29(16-18)34(31,32)21-11-7-19(25)8-12-21/h5-13,15,18,22H,3-4,14,16H2,1-2H3,(H,27,30). The van der Waals surface area contributed by atoms with Gasteiger partial charge in [0.05, 0.1) is 17.9 Å². The predicted molar refractivity (Wildman–Crippen MR) is 124 cm³/mol. The van der Waals surface area contributed by atoms with Crippen LogP contribution in [0.15, 0.2) is 65.8 Å². The molecule has 2 unspecified atom stereocenters. The third kappa shape index (κ3) is 4.97. The highest BCUT2D eigenvalue weighted by molar-refractivity contribution is 7.89. The van der Waals surface area contributed by atoms with Crippen LogP contribution in [0.3, 0.4) is 0 Å². The number of methoxy groups -OCH3 is 1. The topological polar surface area (TPSA) is 93.5 Å². The molecule has 34 heavy (non-hydrogen) atoms. The number of benzene rings is 2. The van der Waals surface area contributed by atoms with E-state index < -0.39 is 27.8 Å². The Balaban J connectivity index is 1.54. The van der Waals surface area contributed by atoms with Crippen LogP contribution in [0.2, 0.25) is 0 Å². The first kappa shape index (κ1) is 23.9. The summed E-state index contributed by atoms with van der Waals surface area (Å²) in [5, 5.41) is 3.07. The van der Waals surface area contributed by atoms with Crippen LogP contribution in [0.4, 0.5) is 4.39 Å². The zero-order chi connectivity index (χ0) is 24.3. The van der Waals surface area contributed by atoms with Crippen LogP contribution in [0, 0.1) is 11.7 Å². The van der Waals surface area contributed by atoms with E-state index in [4.69, 9.17) is 4.74 Å². The average Bonchev–Trinajstić information content (AvgIpc) is 3.28. The summed E-state index contributed by atoms with van der Waals surface area (Å²) in [6, 6.07) is 11.6. The van der Waals surface area contributed by atoms with Crippen LogP contribution in [0.25, 0.3) is 0 Å². The first-order valence-corrected chi connectivity index (χ1v) is 12.4. The van der Waals surface area contributed by atoms with Crippen molar-refractivity contribution in [2.75, 3.05) is 20.2 Å². The van der Waals surface area contributed by atoms with Gasteiger partial charge in [0.15, 0.2) is 0 Å². The third-order valence-corrected chi connectivity index (χ3v) is 7.94. The van der Waals surface area contributed by atoms with Gasteiger partial charge in [-0.2, -0.15) is 4.31 Å². The molecule has 4 rings (SSSR count). The number of ether oxygens (including phenoxy) is 1. The number of hydrogen-bond acceptors (Lipinski definition) is 5. The van der Waals surface area contributed by atoms with Crippen molar-refractivity contribution >= 4 is 15.9 Å². The summed E-state index contributed by atoms with van der Waals surface area (Å²) in [6.45, 7) is 0.367. The van der Waals surface area contributed by atoms with Crippen LogP contribution < -0.4 is 10.1 Å². The summed E-state index contributed by atoms with van der Waals surface area (Å²) in [6.07, 6.45) is 4.58. The lowest BCUT2D eigenvalue weighted by molar-refractivity contribution is -0.126. The number of carbonyl (C=O) groups excluding carboxylic acids is 1. The minimum absolute atomic E-state index is 0.0130. The Morgan fingerprint density at radius 2 is 1.88 bits per heavy atom. The van der Waals surface area contributed by atoms with Gasteiger partial charge in [-0.25, -0.2) is 17.8 Å². The van der Waals surface area contributed by atoms with Gasteiger partial charge in [-0.3, -0.25) is 4.79 Å². The molecule has 0 saturated carbocycles. The first-order valence-electron chi connectivity index (χ1n) is 11.0. The molecule has 1 saturated heterocycles. The van der Waals surface area contributed by atoms with Crippen molar-refractivity contribution in [1.82, 2.24) is 19.2 Å². The van der Waals surface area contributed by atoms with Crippen LogP contribution in [-0.4, -0.2) is 48.4 Å². The van der Waals surface area contributed by atoms with E-state index in [-0.39, 0.29) is 17.3 Å². The lowest BCUT2D eigenvalue weighted by Gasteiger charge is -2.32. The Labute approximate surface area is 198 Å². The van der Waals surface area contributed by atoms with E-state index >= 15 is 0 Å². The molecule has 1 aromatic heterocycles. The number of halogens is 1. The second kappa shape index (κ2) is 9.94. The largest absolute Gasteiger partial charge is 0.497 e. The summed E-state index contributed by atoms with van der Waals surface area (Å²) in [5.74, 6) is 0.0780. The summed E-state index contributed by atoms with van der Waals surface area (Å²) in [7, 11) is -0.392. The smallest absolute Gasteiger partial charge is 0.243 e. The molecule has 0 radical (unpaired) electrons. The number of imidazole rings is 1. The number of sulfonamides is 1. The zero-order valence-corrected chi connectivity index (χ0v) is 19.8. The number of nitrogens with one attached hydrogen (secondary N) is 1. The van der Waals surface area contributed by atoms with E-state index in [1.807, 2.05) is 35.9 Å². The van der Waals surface area contributed by atoms with Crippen molar-refractivity contribution in [1.29, 1.82) is 0 Å².